The molecule has 1 fully saturated rings. The van der Waals surface area contributed by atoms with Crippen LogP contribution >= 0.6 is 12.2 Å². The van der Waals surface area contributed by atoms with Gasteiger partial charge in [0, 0.05) is 30.5 Å². The van der Waals surface area contributed by atoms with Crippen LogP contribution in [0, 0.1) is 22.0 Å². The average Bonchev–Trinajstić information content (AvgIpc) is 2.74. The average molecular weight is 299 g/mol. The van der Waals surface area contributed by atoms with Crippen LogP contribution in [-0.4, -0.2) is 14.8 Å². The summed E-state index contributed by atoms with van der Waals surface area (Å²) < 4.78 is 2.51. The first-order valence-corrected chi connectivity index (χ1v) is 7.31. The molecule has 0 spiro atoms. The molecule has 0 bridgehead atoms. The molecule has 1 aromatic carbocycles. The number of anilines is 1. The number of nitriles is 1. The van der Waals surface area contributed by atoms with E-state index in [0.717, 1.165) is 30.8 Å². The second kappa shape index (κ2) is 5.01. The van der Waals surface area contributed by atoms with Crippen molar-refractivity contribution >= 4 is 17.9 Å². The fraction of sp³-hybridized carbons (Fsp3) is 0.400. The van der Waals surface area contributed by atoms with Crippen LogP contribution in [0.2, 0.25) is 0 Å². The van der Waals surface area contributed by atoms with E-state index in [9.17, 15) is 0 Å². The first-order chi connectivity index (χ1) is 10.0. The topological polar surface area (TPSA) is 83.4 Å². The summed E-state index contributed by atoms with van der Waals surface area (Å²) in [6.07, 6.45) is 2.44. The molecule has 6 heteroatoms. The van der Waals surface area contributed by atoms with Crippen LogP contribution in [0.3, 0.4) is 0 Å². The van der Waals surface area contributed by atoms with E-state index in [1.165, 1.54) is 5.56 Å². The lowest BCUT2D eigenvalue weighted by Gasteiger charge is -2.45. The molecule has 0 unspecified atom stereocenters. The molecule has 2 aromatic rings. The van der Waals surface area contributed by atoms with E-state index in [2.05, 4.69) is 22.3 Å². The van der Waals surface area contributed by atoms with E-state index >= 15 is 0 Å². The molecule has 0 radical (unpaired) electrons. The molecule has 0 aliphatic heterocycles. The second-order valence-electron chi connectivity index (χ2n) is 5.82. The molecule has 21 heavy (non-hydrogen) atoms. The summed E-state index contributed by atoms with van der Waals surface area (Å²) >= 11 is 5.17. The molecule has 0 saturated heterocycles. The molecule has 1 heterocycles. The maximum Gasteiger partial charge on any atom is 0.194 e. The number of hydrogen-bond donors (Lipinski definition) is 2. The van der Waals surface area contributed by atoms with Gasteiger partial charge in [0.05, 0.1) is 6.07 Å². The number of nitrogens with one attached hydrogen (secondary N) is 1. The maximum absolute atomic E-state index is 9.13. The number of benzene rings is 1. The van der Waals surface area contributed by atoms with Crippen molar-refractivity contribution in [2.75, 3.05) is 5.73 Å². The second-order valence-corrected chi connectivity index (χ2v) is 6.21. The van der Waals surface area contributed by atoms with Crippen molar-refractivity contribution in [2.24, 2.45) is 13.0 Å². The lowest BCUT2D eigenvalue weighted by atomic mass is 9.57. The summed E-state index contributed by atoms with van der Waals surface area (Å²) in [6.45, 7) is 0. The van der Waals surface area contributed by atoms with Gasteiger partial charge in [-0.25, -0.2) is 0 Å². The predicted molar refractivity (Wildman–Crippen MR) is 83.0 cm³/mol. The Morgan fingerprint density at radius 1 is 1.57 bits per heavy atom. The lowest BCUT2D eigenvalue weighted by Crippen LogP contribution is -2.43. The smallest absolute Gasteiger partial charge is 0.194 e. The lowest BCUT2D eigenvalue weighted by molar-refractivity contribution is 0.179. The Balaban J connectivity index is 1.97. The SMILES string of the molecule is Cn1c(CC2(c3cccc(N)c3)CC(C#N)C2)n[nH]c1=S. The van der Waals surface area contributed by atoms with Gasteiger partial charge >= 0.3 is 0 Å². The summed E-state index contributed by atoms with van der Waals surface area (Å²) in [4.78, 5) is 0. The van der Waals surface area contributed by atoms with Gasteiger partial charge in [0.2, 0.25) is 0 Å². The molecule has 0 atom stereocenters. The van der Waals surface area contributed by atoms with Gasteiger partial charge in [0.15, 0.2) is 4.77 Å². The minimum absolute atomic E-state index is 0.0650. The van der Waals surface area contributed by atoms with Crippen molar-refractivity contribution in [3.8, 4) is 6.07 Å². The molecule has 5 nitrogen and oxygen atoms in total. The van der Waals surface area contributed by atoms with Gasteiger partial charge in [-0.3, -0.25) is 5.10 Å². The molecule has 1 aliphatic carbocycles. The van der Waals surface area contributed by atoms with Gasteiger partial charge < -0.3 is 10.3 Å². The molecule has 108 valence electrons. The number of aromatic nitrogens is 3. The van der Waals surface area contributed by atoms with Crippen molar-refractivity contribution in [1.29, 1.82) is 5.26 Å². The number of nitrogen functional groups attached to an aromatic ring is 1. The van der Waals surface area contributed by atoms with E-state index < -0.39 is 0 Å². The monoisotopic (exact) mass is 299 g/mol. The highest BCUT2D eigenvalue weighted by molar-refractivity contribution is 7.71. The third-order valence-corrected chi connectivity index (χ3v) is 4.79. The first kappa shape index (κ1) is 13.8. The van der Waals surface area contributed by atoms with Crippen LogP contribution < -0.4 is 5.73 Å². The van der Waals surface area contributed by atoms with E-state index in [-0.39, 0.29) is 11.3 Å². The van der Waals surface area contributed by atoms with Crippen molar-refractivity contribution in [3.05, 3.63) is 40.4 Å². The Bertz CT molecular complexity index is 761. The maximum atomic E-state index is 9.13. The zero-order valence-corrected chi connectivity index (χ0v) is 12.7. The van der Waals surface area contributed by atoms with Crippen LogP contribution in [0.4, 0.5) is 5.69 Å². The Hall–Kier alpha value is -2.13. The molecule has 1 saturated carbocycles. The fourth-order valence-corrected chi connectivity index (χ4v) is 3.32. The van der Waals surface area contributed by atoms with Crippen molar-refractivity contribution in [3.63, 3.8) is 0 Å². The largest absolute Gasteiger partial charge is 0.399 e. The number of H-pyrrole nitrogens is 1. The number of nitrogens with two attached hydrogens (primary N) is 1. The van der Waals surface area contributed by atoms with Crippen molar-refractivity contribution in [2.45, 2.75) is 24.7 Å². The highest BCUT2D eigenvalue weighted by Crippen LogP contribution is 2.49. The third-order valence-electron chi connectivity index (χ3n) is 4.42. The van der Waals surface area contributed by atoms with Gasteiger partial charge in [-0.15, -0.1) is 0 Å². The standard InChI is InChI=1S/C15H17N5S/c1-20-13(18-19-14(20)21)8-15(6-10(7-15)9-16)11-3-2-4-12(17)5-11/h2-5,10H,6-8,17H2,1H3,(H,19,21). The van der Waals surface area contributed by atoms with Crippen LogP contribution in [0.15, 0.2) is 24.3 Å². The minimum Gasteiger partial charge on any atom is -0.399 e. The van der Waals surface area contributed by atoms with Gasteiger partial charge in [0.25, 0.3) is 0 Å². The number of hydrogen-bond acceptors (Lipinski definition) is 4. The summed E-state index contributed by atoms with van der Waals surface area (Å²) in [5.74, 6) is 1.03. The summed E-state index contributed by atoms with van der Waals surface area (Å²) in [5.41, 5.74) is 7.79. The van der Waals surface area contributed by atoms with E-state index in [1.807, 2.05) is 29.8 Å². The Labute approximate surface area is 128 Å². The Kier molecular flexibility index (Phi) is 3.30. The van der Waals surface area contributed by atoms with Gasteiger partial charge in [0.1, 0.15) is 5.82 Å². The summed E-state index contributed by atoms with van der Waals surface area (Å²) in [6, 6.07) is 10.3. The Morgan fingerprint density at radius 2 is 2.33 bits per heavy atom. The molecular weight excluding hydrogens is 282 g/mol. The van der Waals surface area contributed by atoms with Crippen molar-refractivity contribution in [1.82, 2.24) is 14.8 Å². The van der Waals surface area contributed by atoms with Crippen LogP contribution in [0.1, 0.15) is 24.2 Å². The van der Waals surface area contributed by atoms with Crippen LogP contribution in [0.5, 0.6) is 0 Å². The van der Waals surface area contributed by atoms with Gasteiger partial charge in [-0.2, -0.15) is 10.4 Å². The normalized spacial score (nSPS) is 24.3. The van der Waals surface area contributed by atoms with Crippen molar-refractivity contribution < 1.29 is 0 Å². The fourth-order valence-electron chi connectivity index (χ4n) is 3.17. The van der Waals surface area contributed by atoms with E-state index in [1.54, 1.807) is 0 Å². The number of aromatic amines is 1. The molecule has 1 aromatic heterocycles. The Morgan fingerprint density at radius 3 is 2.90 bits per heavy atom. The molecular formula is C15H17N5S. The summed E-state index contributed by atoms with van der Waals surface area (Å²) in [7, 11) is 1.91. The van der Waals surface area contributed by atoms with Crippen LogP contribution in [0.25, 0.3) is 0 Å². The summed E-state index contributed by atoms with van der Waals surface area (Å²) in [5, 5.41) is 16.3. The third kappa shape index (κ3) is 2.34. The molecule has 1 aliphatic rings. The minimum atomic E-state index is -0.0650. The van der Waals surface area contributed by atoms with E-state index in [0.29, 0.717) is 4.77 Å². The first-order valence-electron chi connectivity index (χ1n) is 6.90. The highest BCUT2D eigenvalue weighted by Gasteiger charge is 2.46. The molecule has 3 rings (SSSR count). The number of nitrogens with zero attached hydrogens (tertiary/aromatic N) is 3. The number of rotatable bonds is 3. The molecule has 3 N–H and O–H groups in total. The van der Waals surface area contributed by atoms with Gasteiger partial charge in [-0.05, 0) is 42.8 Å². The van der Waals surface area contributed by atoms with Crippen LogP contribution in [-0.2, 0) is 18.9 Å². The zero-order valence-electron chi connectivity index (χ0n) is 11.8. The van der Waals surface area contributed by atoms with Gasteiger partial charge in [-0.1, -0.05) is 12.1 Å². The molecule has 0 amide bonds. The zero-order chi connectivity index (χ0) is 15.0. The predicted octanol–water partition coefficient (Wildman–Crippen LogP) is 2.47. The highest BCUT2D eigenvalue weighted by atomic mass is 32.1. The quantitative estimate of drug-likeness (QED) is 0.673. The van der Waals surface area contributed by atoms with E-state index in [4.69, 9.17) is 23.2 Å².